The van der Waals surface area contributed by atoms with E-state index >= 15 is 0 Å². The maximum Gasteiger partial charge on any atom is 0.267 e. The van der Waals surface area contributed by atoms with Gasteiger partial charge in [0.15, 0.2) is 6.23 Å². The van der Waals surface area contributed by atoms with Crippen molar-refractivity contribution in [2.24, 2.45) is 0 Å². The van der Waals surface area contributed by atoms with Gasteiger partial charge in [0, 0.05) is 11.8 Å². The largest absolute Gasteiger partial charge is 0.371 e. The molecule has 0 bridgehead atoms. The fraction of sp³-hybridized carbons (Fsp3) is 0.214. The summed E-state index contributed by atoms with van der Waals surface area (Å²) in [7, 11) is -3.86. The summed E-state index contributed by atoms with van der Waals surface area (Å²) in [6.07, 6.45) is 0.287. The van der Waals surface area contributed by atoms with Gasteiger partial charge in [0.25, 0.3) is 10.0 Å². The van der Waals surface area contributed by atoms with Crippen molar-refractivity contribution < 1.29 is 13.5 Å². The lowest BCUT2D eigenvalue weighted by Gasteiger charge is -2.23. The van der Waals surface area contributed by atoms with Gasteiger partial charge in [-0.2, -0.15) is 0 Å². The number of aromatic nitrogens is 1. The zero-order valence-electron chi connectivity index (χ0n) is 11.1. The molecule has 0 saturated heterocycles. The summed E-state index contributed by atoms with van der Waals surface area (Å²) in [5, 5.41) is 10.3. The van der Waals surface area contributed by atoms with E-state index < -0.39 is 21.1 Å². The van der Waals surface area contributed by atoms with Crippen LogP contribution in [0.25, 0.3) is 0 Å². The average molecular weight is 369 g/mol. The maximum absolute atomic E-state index is 12.8. The van der Waals surface area contributed by atoms with Crippen molar-refractivity contribution in [3.05, 3.63) is 53.7 Å². The second-order valence-electron chi connectivity index (χ2n) is 4.85. The van der Waals surface area contributed by atoms with E-state index in [0.29, 0.717) is 5.56 Å². The number of hydrogen-bond acceptors (Lipinski definition) is 4. The molecule has 5 nitrogen and oxygen atoms in total. The predicted octanol–water partition coefficient (Wildman–Crippen LogP) is 2.35. The second-order valence-corrected chi connectivity index (χ2v) is 7.65. The highest BCUT2D eigenvalue weighted by atomic mass is 79.9. The van der Waals surface area contributed by atoms with Crippen molar-refractivity contribution in [1.82, 2.24) is 4.98 Å². The number of aliphatic hydroxyl groups is 1. The van der Waals surface area contributed by atoms with E-state index in [1.165, 1.54) is 18.3 Å². The van der Waals surface area contributed by atoms with Crippen molar-refractivity contribution in [3.8, 4) is 0 Å². The van der Waals surface area contributed by atoms with Crippen LogP contribution in [0.15, 0.2) is 47.5 Å². The molecule has 0 fully saturated rings. The molecule has 3 rings (SSSR count). The first-order valence-corrected chi connectivity index (χ1v) is 8.66. The maximum atomic E-state index is 12.8. The van der Waals surface area contributed by atoms with Crippen molar-refractivity contribution in [1.29, 1.82) is 0 Å². The molecule has 1 aromatic carbocycles. The Labute approximate surface area is 131 Å². The number of aryl methyl sites for hydroxylation is 1. The van der Waals surface area contributed by atoms with Gasteiger partial charge in [0.1, 0.15) is 5.82 Å². The lowest BCUT2D eigenvalue weighted by molar-refractivity contribution is 0.194. The van der Waals surface area contributed by atoms with Crippen LogP contribution >= 0.6 is 15.9 Å². The number of rotatable bonds is 2. The first-order chi connectivity index (χ1) is 9.93. The minimum atomic E-state index is -3.86. The summed E-state index contributed by atoms with van der Waals surface area (Å²) in [4.78, 5) is 3.74. The van der Waals surface area contributed by atoms with Crippen molar-refractivity contribution >= 4 is 31.8 Å². The second kappa shape index (κ2) is 5.08. The number of anilines is 1. The van der Waals surface area contributed by atoms with Gasteiger partial charge in [-0.3, -0.25) is 0 Å². The van der Waals surface area contributed by atoms with Crippen LogP contribution < -0.4 is 4.31 Å². The molecule has 0 saturated carbocycles. The van der Waals surface area contributed by atoms with Crippen LogP contribution in [-0.2, 0) is 10.0 Å². The van der Waals surface area contributed by atoms with Crippen LogP contribution in [-0.4, -0.2) is 24.7 Å². The monoisotopic (exact) mass is 368 g/mol. The minimum Gasteiger partial charge on any atom is -0.371 e. The van der Waals surface area contributed by atoms with Gasteiger partial charge in [0.05, 0.1) is 9.72 Å². The molecule has 0 radical (unpaired) electrons. The summed E-state index contributed by atoms with van der Waals surface area (Å²) in [6.45, 7) is 1.88. The van der Waals surface area contributed by atoms with E-state index in [1.807, 2.05) is 6.92 Å². The van der Waals surface area contributed by atoms with Crippen LogP contribution in [0, 0.1) is 6.92 Å². The van der Waals surface area contributed by atoms with Crippen LogP contribution in [0.5, 0.6) is 0 Å². The Morgan fingerprint density at radius 1 is 1.24 bits per heavy atom. The Bertz CT molecular complexity index is 777. The summed E-state index contributed by atoms with van der Waals surface area (Å²) < 4.78 is 26.5. The molecular formula is C14H13BrN2O3S. The predicted molar refractivity (Wildman–Crippen MR) is 82.8 cm³/mol. The number of hydrogen-bond donors (Lipinski definition) is 1. The molecule has 0 aliphatic carbocycles. The average Bonchev–Trinajstić information content (AvgIpc) is 2.72. The van der Waals surface area contributed by atoms with Crippen molar-refractivity contribution in [3.63, 3.8) is 0 Å². The van der Waals surface area contributed by atoms with Crippen LogP contribution in [0.3, 0.4) is 0 Å². The summed E-state index contributed by atoms with van der Waals surface area (Å²) >= 11 is 3.32. The number of sulfonamides is 1. The fourth-order valence-corrected chi connectivity index (χ4v) is 4.54. The number of nitrogens with zero attached hydrogens (tertiary/aromatic N) is 2. The van der Waals surface area contributed by atoms with E-state index in [0.717, 1.165) is 9.87 Å². The number of alkyl halides is 1. The number of benzene rings is 1. The zero-order chi connectivity index (χ0) is 15.2. The van der Waals surface area contributed by atoms with Gasteiger partial charge < -0.3 is 5.11 Å². The summed E-state index contributed by atoms with van der Waals surface area (Å²) in [5.41, 5.74) is 1.62. The molecule has 7 heteroatoms. The SMILES string of the molecule is Cc1ccc(S(=O)(=O)N2c3ncccc3[C@H](Br)[C@H]2O)cc1. The summed E-state index contributed by atoms with van der Waals surface area (Å²) in [6, 6.07) is 9.96. The minimum absolute atomic E-state index is 0.130. The topological polar surface area (TPSA) is 70.5 Å². The van der Waals surface area contributed by atoms with Gasteiger partial charge in [-0.1, -0.05) is 39.7 Å². The molecule has 2 heterocycles. The van der Waals surface area contributed by atoms with Gasteiger partial charge in [-0.15, -0.1) is 0 Å². The molecular weight excluding hydrogens is 356 g/mol. The first-order valence-electron chi connectivity index (χ1n) is 6.31. The van der Waals surface area contributed by atoms with E-state index in [1.54, 1.807) is 24.3 Å². The standard InChI is InChI=1S/C14H13BrN2O3S/c1-9-4-6-10(7-5-9)21(19,20)17-13-11(3-2-8-16-13)12(15)14(17)18/h2-8,12,14,18H,1H3/t12-,14+/m0/s1. The zero-order valence-corrected chi connectivity index (χ0v) is 13.5. The molecule has 2 aromatic rings. The Balaban J connectivity index is 2.13. The Morgan fingerprint density at radius 3 is 2.57 bits per heavy atom. The van der Waals surface area contributed by atoms with E-state index in [-0.39, 0.29) is 10.7 Å². The van der Waals surface area contributed by atoms with E-state index in [4.69, 9.17) is 0 Å². The third-order valence-electron chi connectivity index (χ3n) is 3.40. The normalized spacial score (nSPS) is 21.4. The molecule has 1 aliphatic rings. The molecule has 0 unspecified atom stereocenters. The fourth-order valence-electron chi connectivity index (χ4n) is 2.29. The van der Waals surface area contributed by atoms with Crippen LogP contribution in [0.1, 0.15) is 16.0 Å². The Hall–Kier alpha value is -1.44. The highest BCUT2D eigenvalue weighted by Crippen LogP contribution is 2.44. The van der Waals surface area contributed by atoms with Gasteiger partial charge in [0.2, 0.25) is 0 Å². The molecule has 21 heavy (non-hydrogen) atoms. The molecule has 1 N–H and O–H groups in total. The molecule has 0 amide bonds. The van der Waals surface area contributed by atoms with Crippen LogP contribution in [0.2, 0.25) is 0 Å². The van der Waals surface area contributed by atoms with Crippen molar-refractivity contribution in [2.45, 2.75) is 22.9 Å². The van der Waals surface area contributed by atoms with Gasteiger partial charge in [-0.25, -0.2) is 17.7 Å². The molecule has 2 atom stereocenters. The van der Waals surface area contributed by atoms with E-state index in [2.05, 4.69) is 20.9 Å². The first kappa shape index (κ1) is 14.5. The van der Waals surface area contributed by atoms with Crippen molar-refractivity contribution in [2.75, 3.05) is 4.31 Å². The Kier molecular flexibility index (Phi) is 3.51. The number of halogens is 1. The molecule has 110 valence electrons. The smallest absolute Gasteiger partial charge is 0.267 e. The number of aliphatic hydroxyl groups excluding tert-OH is 1. The Morgan fingerprint density at radius 2 is 1.90 bits per heavy atom. The molecule has 0 spiro atoms. The number of fused-ring (bicyclic) bond motifs is 1. The highest BCUT2D eigenvalue weighted by molar-refractivity contribution is 9.09. The lowest BCUT2D eigenvalue weighted by Crippen LogP contribution is -2.38. The molecule has 1 aliphatic heterocycles. The highest BCUT2D eigenvalue weighted by Gasteiger charge is 2.44. The van der Waals surface area contributed by atoms with E-state index in [9.17, 15) is 13.5 Å². The number of pyridine rings is 1. The molecule has 1 aromatic heterocycles. The third-order valence-corrected chi connectivity index (χ3v) is 6.14. The van der Waals surface area contributed by atoms with Gasteiger partial charge in [-0.05, 0) is 25.1 Å². The summed E-state index contributed by atoms with van der Waals surface area (Å²) in [5.74, 6) is 0.257. The lowest BCUT2D eigenvalue weighted by atomic mass is 10.2. The van der Waals surface area contributed by atoms with Crippen LogP contribution in [0.4, 0.5) is 5.82 Å². The third kappa shape index (κ3) is 2.25. The van der Waals surface area contributed by atoms with Gasteiger partial charge >= 0.3 is 0 Å². The quantitative estimate of drug-likeness (QED) is 0.825.